The van der Waals surface area contributed by atoms with E-state index >= 15 is 0 Å². The van der Waals surface area contributed by atoms with Crippen molar-refractivity contribution in [3.63, 3.8) is 0 Å². The Kier molecular flexibility index (Phi) is 4.09. The molecule has 2 unspecified atom stereocenters. The first-order valence-corrected chi connectivity index (χ1v) is 6.82. The van der Waals surface area contributed by atoms with E-state index in [0.29, 0.717) is 12.1 Å². The Labute approximate surface area is 122 Å². The minimum atomic E-state index is -1.23. The summed E-state index contributed by atoms with van der Waals surface area (Å²) in [6.07, 6.45) is 0.280. The molecule has 6 heteroatoms. The molecule has 1 fully saturated rings. The fourth-order valence-electron chi connectivity index (χ4n) is 2.29. The van der Waals surface area contributed by atoms with E-state index in [0.717, 1.165) is 4.90 Å². The van der Waals surface area contributed by atoms with Crippen LogP contribution in [0.5, 0.6) is 0 Å². The van der Waals surface area contributed by atoms with Crippen molar-refractivity contribution in [3.05, 3.63) is 30.3 Å². The van der Waals surface area contributed by atoms with Gasteiger partial charge in [0.2, 0.25) is 5.91 Å². The SMILES string of the molecule is CCC(C)(NC1CC(=O)N(c2ccccc2)C1=O)C(=O)O. The van der Waals surface area contributed by atoms with Crippen molar-refractivity contribution in [1.82, 2.24) is 5.32 Å². The van der Waals surface area contributed by atoms with Crippen molar-refractivity contribution < 1.29 is 19.5 Å². The molecule has 0 aromatic heterocycles. The average Bonchev–Trinajstić information content (AvgIpc) is 2.74. The molecule has 112 valence electrons. The molecule has 0 aliphatic carbocycles. The lowest BCUT2D eigenvalue weighted by Crippen LogP contribution is -2.55. The summed E-state index contributed by atoms with van der Waals surface area (Å²) in [5.74, 6) is -1.77. The number of para-hydroxylation sites is 1. The van der Waals surface area contributed by atoms with Gasteiger partial charge in [0.1, 0.15) is 5.54 Å². The molecule has 2 amide bonds. The van der Waals surface area contributed by atoms with Crippen molar-refractivity contribution in [2.75, 3.05) is 4.90 Å². The maximum Gasteiger partial charge on any atom is 0.323 e. The standard InChI is InChI=1S/C15H18N2O4/c1-3-15(2,14(20)21)16-11-9-12(18)17(13(11)19)10-7-5-4-6-8-10/h4-8,11,16H,3,9H2,1-2H3,(H,20,21). The van der Waals surface area contributed by atoms with Crippen LogP contribution < -0.4 is 10.2 Å². The summed E-state index contributed by atoms with van der Waals surface area (Å²) in [7, 11) is 0. The molecule has 0 bridgehead atoms. The highest BCUT2D eigenvalue weighted by atomic mass is 16.4. The average molecular weight is 290 g/mol. The van der Waals surface area contributed by atoms with E-state index < -0.39 is 23.5 Å². The summed E-state index contributed by atoms with van der Waals surface area (Å²) in [6, 6.07) is 7.82. The summed E-state index contributed by atoms with van der Waals surface area (Å²) in [6.45, 7) is 3.23. The monoisotopic (exact) mass is 290 g/mol. The number of anilines is 1. The van der Waals surface area contributed by atoms with Crippen LogP contribution in [0.15, 0.2) is 30.3 Å². The number of aliphatic carboxylic acids is 1. The van der Waals surface area contributed by atoms with Gasteiger partial charge in [0.05, 0.1) is 18.2 Å². The van der Waals surface area contributed by atoms with Crippen LogP contribution in [0.2, 0.25) is 0 Å². The second-order valence-corrected chi connectivity index (χ2v) is 5.29. The van der Waals surface area contributed by atoms with Crippen molar-refractivity contribution >= 4 is 23.5 Å². The topological polar surface area (TPSA) is 86.7 Å². The minimum Gasteiger partial charge on any atom is -0.480 e. The van der Waals surface area contributed by atoms with Gasteiger partial charge < -0.3 is 5.11 Å². The fourth-order valence-corrected chi connectivity index (χ4v) is 2.29. The van der Waals surface area contributed by atoms with E-state index in [-0.39, 0.29) is 12.3 Å². The predicted octanol–water partition coefficient (Wildman–Crippen LogP) is 1.16. The molecule has 0 spiro atoms. The Bertz CT molecular complexity index is 572. The zero-order valence-corrected chi connectivity index (χ0v) is 12.0. The molecule has 2 rings (SSSR count). The maximum absolute atomic E-state index is 12.4. The molecule has 6 nitrogen and oxygen atoms in total. The van der Waals surface area contributed by atoms with Gasteiger partial charge in [-0.25, -0.2) is 4.90 Å². The van der Waals surface area contributed by atoms with Crippen molar-refractivity contribution in [3.8, 4) is 0 Å². The summed E-state index contributed by atoms with van der Waals surface area (Å²) in [4.78, 5) is 36.9. The van der Waals surface area contributed by atoms with Crippen molar-refractivity contribution in [2.45, 2.75) is 38.3 Å². The number of carboxylic acids is 1. The highest BCUT2D eigenvalue weighted by Crippen LogP contribution is 2.24. The lowest BCUT2D eigenvalue weighted by atomic mass is 9.97. The molecule has 1 heterocycles. The normalized spacial score (nSPS) is 21.4. The van der Waals surface area contributed by atoms with E-state index in [9.17, 15) is 19.5 Å². The largest absolute Gasteiger partial charge is 0.480 e. The van der Waals surface area contributed by atoms with Crippen molar-refractivity contribution in [2.24, 2.45) is 0 Å². The Morgan fingerprint density at radius 3 is 2.52 bits per heavy atom. The fraction of sp³-hybridized carbons (Fsp3) is 0.400. The van der Waals surface area contributed by atoms with E-state index in [1.807, 2.05) is 0 Å². The van der Waals surface area contributed by atoms with Gasteiger partial charge in [0.25, 0.3) is 5.91 Å². The summed E-state index contributed by atoms with van der Waals surface area (Å²) >= 11 is 0. The van der Waals surface area contributed by atoms with Crippen LogP contribution in [0.25, 0.3) is 0 Å². The Balaban J connectivity index is 2.21. The molecule has 1 aliphatic heterocycles. The zero-order valence-electron chi connectivity index (χ0n) is 12.0. The number of carboxylic acid groups (broad SMARTS) is 1. The summed E-state index contributed by atoms with van der Waals surface area (Å²) in [5, 5.41) is 12.1. The number of nitrogens with zero attached hydrogens (tertiary/aromatic N) is 1. The molecular weight excluding hydrogens is 272 g/mol. The third-order valence-corrected chi connectivity index (χ3v) is 3.83. The first-order chi connectivity index (χ1) is 9.89. The molecule has 1 aliphatic rings. The molecule has 0 saturated carbocycles. The van der Waals surface area contributed by atoms with Gasteiger partial charge in [-0.2, -0.15) is 0 Å². The van der Waals surface area contributed by atoms with Crippen LogP contribution in [0.3, 0.4) is 0 Å². The Hall–Kier alpha value is -2.21. The zero-order chi connectivity index (χ0) is 15.6. The number of carbonyl (C=O) groups excluding carboxylic acids is 2. The number of imide groups is 1. The van der Waals surface area contributed by atoms with E-state index in [1.54, 1.807) is 37.3 Å². The minimum absolute atomic E-state index is 0.0312. The Morgan fingerprint density at radius 1 is 1.38 bits per heavy atom. The van der Waals surface area contributed by atoms with Gasteiger partial charge in [-0.1, -0.05) is 25.1 Å². The summed E-state index contributed by atoms with van der Waals surface area (Å²) in [5.41, 5.74) is -0.724. The van der Waals surface area contributed by atoms with Gasteiger partial charge in [-0.3, -0.25) is 19.7 Å². The second kappa shape index (κ2) is 5.65. The predicted molar refractivity (Wildman–Crippen MR) is 76.8 cm³/mol. The number of rotatable bonds is 5. The number of benzene rings is 1. The van der Waals surface area contributed by atoms with Gasteiger partial charge in [0, 0.05) is 0 Å². The highest BCUT2D eigenvalue weighted by Gasteiger charge is 2.44. The number of hydrogen-bond donors (Lipinski definition) is 2. The third-order valence-electron chi connectivity index (χ3n) is 3.83. The molecule has 1 aromatic carbocycles. The van der Waals surface area contributed by atoms with Gasteiger partial charge >= 0.3 is 5.97 Å². The smallest absolute Gasteiger partial charge is 0.323 e. The highest BCUT2D eigenvalue weighted by molar-refractivity contribution is 6.22. The van der Waals surface area contributed by atoms with Crippen LogP contribution in [-0.4, -0.2) is 34.5 Å². The molecule has 21 heavy (non-hydrogen) atoms. The lowest BCUT2D eigenvalue weighted by molar-refractivity contribution is -0.145. The van der Waals surface area contributed by atoms with E-state index in [4.69, 9.17) is 0 Å². The molecule has 1 aromatic rings. The molecule has 0 radical (unpaired) electrons. The van der Waals surface area contributed by atoms with Gasteiger partial charge in [0.15, 0.2) is 0 Å². The van der Waals surface area contributed by atoms with Crippen molar-refractivity contribution in [1.29, 1.82) is 0 Å². The van der Waals surface area contributed by atoms with Gasteiger partial charge in [-0.05, 0) is 25.5 Å². The second-order valence-electron chi connectivity index (χ2n) is 5.29. The molecular formula is C15H18N2O4. The first-order valence-electron chi connectivity index (χ1n) is 6.82. The van der Waals surface area contributed by atoms with E-state index in [1.165, 1.54) is 6.92 Å². The molecule has 1 saturated heterocycles. The first kappa shape index (κ1) is 15.2. The van der Waals surface area contributed by atoms with Crippen LogP contribution in [0, 0.1) is 0 Å². The van der Waals surface area contributed by atoms with Gasteiger partial charge in [-0.15, -0.1) is 0 Å². The number of nitrogens with one attached hydrogen (secondary N) is 1. The third kappa shape index (κ3) is 2.80. The summed E-state index contributed by atoms with van der Waals surface area (Å²) < 4.78 is 0. The van der Waals surface area contributed by atoms with Crippen LogP contribution >= 0.6 is 0 Å². The van der Waals surface area contributed by atoms with Crippen LogP contribution in [0.4, 0.5) is 5.69 Å². The van der Waals surface area contributed by atoms with E-state index in [2.05, 4.69) is 5.32 Å². The quantitative estimate of drug-likeness (QED) is 0.795. The lowest BCUT2D eigenvalue weighted by Gasteiger charge is -2.27. The van der Waals surface area contributed by atoms with Crippen LogP contribution in [-0.2, 0) is 14.4 Å². The number of carbonyl (C=O) groups is 3. The Morgan fingerprint density at radius 2 is 2.00 bits per heavy atom. The number of hydrogen-bond acceptors (Lipinski definition) is 4. The number of amides is 2. The maximum atomic E-state index is 12.4. The molecule has 2 N–H and O–H groups in total. The van der Waals surface area contributed by atoms with Crippen LogP contribution in [0.1, 0.15) is 26.7 Å². The molecule has 2 atom stereocenters.